The summed E-state index contributed by atoms with van der Waals surface area (Å²) in [7, 11) is 0. The highest BCUT2D eigenvalue weighted by atomic mass is 35.5. The molecule has 102 valence electrons. The summed E-state index contributed by atoms with van der Waals surface area (Å²) in [4.78, 5) is 0. The highest BCUT2D eigenvalue weighted by molar-refractivity contribution is 6.22. The molecule has 1 aromatic carbocycles. The van der Waals surface area contributed by atoms with Crippen LogP contribution in [0, 0.1) is 0 Å². The van der Waals surface area contributed by atoms with Crippen molar-refractivity contribution in [3.8, 4) is 0 Å². The molecule has 0 aliphatic heterocycles. The van der Waals surface area contributed by atoms with E-state index in [-0.39, 0.29) is 17.4 Å². The Bertz CT molecular complexity index is 381. The van der Waals surface area contributed by atoms with Crippen molar-refractivity contribution in [1.82, 2.24) is 0 Å². The second-order valence-corrected chi connectivity index (χ2v) is 4.60. The molecule has 0 aliphatic rings. The summed E-state index contributed by atoms with van der Waals surface area (Å²) in [6.45, 7) is 1.83. The molecule has 0 fully saturated rings. The fourth-order valence-corrected chi connectivity index (χ4v) is 2.30. The van der Waals surface area contributed by atoms with Crippen molar-refractivity contribution < 1.29 is 13.2 Å². The Morgan fingerprint density at radius 2 is 1.67 bits per heavy atom. The molecule has 1 rings (SSSR count). The van der Waals surface area contributed by atoms with Gasteiger partial charge in [-0.15, -0.1) is 23.2 Å². The number of rotatable bonds is 5. The Balaban J connectivity index is 3.11. The molecule has 18 heavy (non-hydrogen) atoms. The van der Waals surface area contributed by atoms with E-state index >= 15 is 0 Å². The predicted octanol–water partition coefficient (Wildman–Crippen LogP) is 4.74. The Morgan fingerprint density at radius 3 is 2.11 bits per heavy atom. The van der Waals surface area contributed by atoms with Crippen molar-refractivity contribution >= 4 is 28.9 Å². The van der Waals surface area contributed by atoms with Crippen LogP contribution in [0.4, 0.5) is 18.9 Å². The molecule has 0 aliphatic carbocycles. The van der Waals surface area contributed by atoms with Crippen LogP contribution >= 0.6 is 23.2 Å². The van der Waals surface area contributed by atoms with E-state index in [0.717, 1.165) is 6.07 Å². The average molecular weight is 300 g/mol. The Kier molecular flexibility index (Phi) is 5.17. The summed E-state index contributed by atoms with van der Waals surface area (Å²) in [5, 5.41) is 2.83. The summed E-state index contributed by atoms with van der Waals surface area (Å²) in [6, 6.07) is 5.31. The first-order chi connectivity index (χ1) is 8.38. The first-order valence-corrected chi connectivity index (χ1v) is 6.52. The second kappa shape index (κ2) is 6.02. The number of hydrogen-bond acceptors (Lipinski definition) is 1. The molecule has 0 spiro atoms. The van der Waals surface area contributed by atoms with Crippen LogP contribution in [0.1, 0.15) is 18.9 Å². The monoisotopic (exact) mass is 299 g/mol. The maximum absolute atomic E-state index is 12.8. The molecule has 0 saturated carbocycles. The molecule has 1 aromatic rings. The van der Waals surface area contributed by atoms with Crippen LogP contribution in [0.3, 0.4) is 0 Å². The lowest BCUT2D eigenvalue weighted by Gasteiger charge is -2.32. The number of para-hydroxylation sites is 1. The van der Waals surface area contributed by atoms with Gasteiger partial charge in [0, 0.05) is 17.4 Å². The summed E-state index contributed by atoms with van der Waals surface area (Å²) in [5.41, 5.74) is -1.43. The van der Waals surface area contributed by atoms with Crippen molar-refractivity contribution in [3.63, 3.8) is 0 Å². The van der Waals surface area contributed by atoms with Gasteiger partial charge in [-0.1, -0.05) is 19.1 Å². The standard InChI is InChI=1S/C12H14Cl2F3N/c1-2-11(7-13,8-14)18-10-6-4-3-5-9(10)12(15,16)17/h3-6,18H,2,7-8H2,1H3. The number of anilines is 1. The van der Waals surface area contributed by atoms with E-state index < -0.39 is 17.3 Å². The SMILES string of the molecule is CCC(CCl)(CCl)Nc1ccccc1C(F)(F)F. The maximum Gasteiger partial charge on any atom is 0.418 e. The van der Waals surface area contributed by atoms with Crippen molar-refractivity contribution in [2.75, 3.05) is 17.1 Å². The third-order valence-corrected chi connectivity index (χ3v) is 3.84. The van der Waals surface area contributed by atoms with Gasteiger partial charge in [-0.3, -0.25) is 0 Å². The fourth-order valence-electron chi connectivity index (χ4n) is 1.50. The topological polar surface area (TPSA) is 12.0 Å². The van der Waals surface area contributed by atoms with Gasteiger partial charge >= 0.3 is 6.18 Å². The van der Waals surface area contributed by atoms with Crippen molar-refractivity contribution in [2.45, 2.75) is 25.1 Å². The summed E-state index contributed by atoms with van der Waals surface area (Å²) in [5.74, 6) is 0.276. The summed E-state index contributed by atoms with van der Waals surface area (Å²) >= 11 is 11.6. The largest absolute Gasteiger partial charge is 0.418 e. The van der Waals surface area contributed by atoms with Crippen LogP contribution in [0.15, 0.2) is 24.3 Å². The average Bonchev–Trinajstić information content (AvgIpc) is 2.35. The molecule has 1 N–H and O–H groups in total. The highest BCUT2D eigenvalue weighted by Crippen LogP contribution is 2.36. The van der Waals surface area contributed by atoms with Gasteiger partial charge in [0.25, 0.3) is 0 Å². The first-order valence-electron chi connectivity index (χ1n) is 5.45. The van der Waals surface area contributed by atoms with E-state index in [1.807, 2.05) is 6.92 Å². The minimum absolute atomic E-state index is 0.00755. The molecule has 0 aromatic heterocycles. The number of alkyl halides is 5. The fraction of sp³-hybridized carbons (Fsp3) is 0.500. The lowest BCUT2D eigenvalue weighted by molar-refractivity contribution is -0.137. The second-order valence-electron chi connectivity index (χ2n) is 4.07. The van der Waals surface area contributed by atoms with E-state index in [9.17, 15) is 13.2 Å². The van der Waals surface area contributed by atoms with Gasteiger partial charge in [0.05, 0.1) is 11.1 Å². The van der Waals surface area contributed by atoms with Crippen LogP contribution < -0.4 is 5.32 Å². The lowest BCUT2D eigenvalue weighted by atomic mass is 10.00. The van der Waals surface area contributed by atoms with Gasteiger partial charge in [-0.25, -0.2) is 0 Å². The third-order valence-electron chi connectivity index (χ3n) is 2.82. The van der Waals surface area contributed by atoms with E-state index in [2.05, 4.69) is 5.32 Å². The normalized spacial score (nSPS) is 12.6. The highest BCUT2D eigenvalue weighted by Gasteiger charge is 2.35. The number of benzene rings is 1. The van der Waals surface area contributed by atoms with E-state index in [0.29, 0.717) is 6.42 Å². The summed E-state index contributed by atoms with van der Waals surface area (Å²) in [6.07, 6.45) is -3.87. The molecule has 0 atom stereocenters. The molecular weight excluding hydrogens is 286 g/mol. The summed E-state index contributed by atoms with van der Waals surface area (Å²) < 4.78 is 38.5. The number of hydrogen-bond donors (Lipinski definition) is 1. The lowest BCUT2D eigenvalue weighted by Crippen LogP contribution is -2.42. The molecular formula is C12H14Cl2F3N. The van der Waals surface area contributed by atoms with Gasteiger partial charge in [-0.05, 0) is 18.6 Å². The van der Waals surface area contributed by atoms with Crippen LogP contribution in [0.25, 0.3) is 0 Å². The van der Waals surface area contributed by atoms with Gasteiger partial charge < -0.3 is 5.32 Å². The Hall–Kier alpha value is -0.610. The molecule has 0 heterocycles. The molecule has 0 bridgehead atoms. The van der Waals surface area contributed by atoms with E-state index in [1.54, 1.807) is 6.07 Å². The quantitative estimate of drug-likeness (QED) is 0.774. The molecule has 0 unspecified atom stereocenters. The zero-order valence-corrected chi connectivity index (χ0v) is 11.3. The van der Waals surface area contributed by atoms with Gasteiger partial charge in [-0.2, -0.15) is 13.2 Å². The molecule has 0 radical (unpaired) electrons. The maximum atomic E-state index is 12.8. The van der Waals surface area contributed by atoms with E-state index in [4.69, 9.17) is 23.2 Å². The minimum atomic E-state index is -4.40. The van der Waals surface area contributed by atoms with Gasteiger partial charge in [0.1, 0.15) is 0 Å². The smallest absolute Gasteiger partial charge is 0.377 e. The number of halogens is 5. The predicted molar refractivity (Wildman–Crippen MR) is 69.5 cm³/mol. The molecule has 0 saturated heterocycles. The zero-order valence-electron chi connectivity index (χ0n) is 9.82. The molecule has 6 heteroatoms. The van der Waals surface area contributed by atoms with Crippen LogP contribution in [0.5, 0.6) is 0 Å². The van der Waals surface area contributed by atoms with Crippen molar-refractivity contribution in [1.29, 1.82) is 0 Å². The number of nitrogens with one attached hydrogen (secondary N) is 1. The first kappa shape index (κ1) is 15.4. The zero-order chi connectivity index (χ0) is 13.8. The van der Waals surface area contributed by atoms with Crippen LogP contribution in [-0.4, -0.2) is 17.3 Å². The van der Waals surface area contributed by atoms with Gasteiger partial charge in [0.2, 0.25) is 0 Å². The Morgan fingerprint density at radius 1 is 1.11 bits per heavy atom. The Labute approximate surface area is 114 Å². The molecule has 1 nitrogen and oxygen atoms in total. The molecule has 0 amide bonds. The van der Waals surface area contributed by atoms with Gasteiger partial charge in [0.15, 0.2) is 0 Å². The van der Waals surface area contributed by atoms with Crippen LogP contribution in [-0.2, 0) is 6.18 Å². The van der Waals surface area contributed by atoms with Crippen molar-refractivity contribution in [3.05, 3.63) is 29.8 Å². The minimum Gasteiger partial charge on any atom is -0.377 e. The third kappa shape index (κ3) is 3.45. The van der Waals surface area contributed by atoms with Crippen molar-refractivity contribution in [2.24, 2.45) is 0 Å². The van der Waals surface area contributed by atoms with Crippen LogP contribution in [0.2, 0.25) is 0 Å². The van der Waals surface area contributed by atoms with E-state index in [1.165, 1.54) is 12.1 Å².